The highest BCUT2D eigenvalue weighted by Crippen LogP contribution is 2.35. The molecule has 0 amide bonds. The molecule has 1 aromatic carbocycles. The first-order valence-electron chi connectivity index (χ1n) is 5.40. The molecular weight excluding hydrogens is 188 g/mol. The van der Waals surface area contributed by atoms with Crippen LogP contribution >= 0.6 is 0 Å². The van der Waals surface area contributed by atoms with E-state index in [0.29, 0.717) is 0 Å². The minimum absolute atomic E-state index is 0.0808. The van der Waals surface area contributed by atoms with Crippen molar-refractivity contribution in [2.45, 2.75) is 31.7 Å². The number of rotatable bonds is 3. The molecule has 3 heteroatoms. The van der Waals surface area contributed by atoms with E-state index in [4.69, 9.17) is 5.73 Å². The Hall–Kier alpha value is -1.22. The average molecular weight is 206 g/mol. The summed E-state index contributed by atoms with van der Waals surface area (Å²) in [5.41, 5.74) is 8.61. The first-order chi connectivity index (χ1) is 7.15. The van der Waals surface area contributed by atoms with Crippen molar-refractivity contribution in [1.29, 1.82) is 0 Å². The van der Waals surface area contributed by atoms with E-state index in [9.17, 15) is 5.11 Å². The summed E-state index contributed by atoms with van der Waals surface area (Å²) >= 11 is 0. The topological polar surface area (TPSA) is 58.3 Å². The summed E-state index contributed by atoms with van der Waals surface area (Å²) in [4.78, 5) is 0. The van der Waals surface area contributed by atoms with Crippen molar-refractivity contribution in [2.24, 2.45) is 0 Å². The Morgan fingerprint density at radius 2 is 2.20 bits per heavy atom. The molecule has 82 valence electrons. The molecule has 4 N–H and O–H groups in total. The van der Waals surface area contributed by atoms with Crippen LogP contribution < -0.4 is 11.1 Å². The molecule has 3 nitrogen and oxygen atoms in total. The standard InChI is InChI=1S/C12H18N2O/c1-9-7-10(3-4-11(9)13)14-12(8-15)5-2-6-12/h3-4,7,14-15H,2,5-6,8,13H2,1H3. The molecule has 1 fully saturated rings. The summed E-state index contributed by atoms with van der Waals surface area (Å²) in [5.74, 6) is 0. The van der Waals surface area contributed by atoms with Gasteiger partial charge in [-0.25, -0.2) is 0 Å². The minimum Gasteiger partial charge on any atom is -0.399 e. The molecule has 15 heavy (non-hydrogen) atoms. The highest BCUT2D eigenvalue weighted by Gasteiger charge is 2.36. The summed E-state index contributed by atoms with van der Waals surface area (Å²) in [6.45, 7) is 2.20. The van der Waals surface area contributed by atoms with Crippen molar-refractivity contribution in [1.82, 2.24) is 0 Å². The average Bonchev–Trinajstić information content (AvgIpc) is 2.17. The van der Waals surface area contributed by atoms with Crippen LogP contribution in [0.5, 0.6) is 0 Å². The Morgan fingerprint density at radius 3 is 2.67 bits per heavy atom. The van der Waals surface area contributed by atoms with Gasteiger partial charge in [-0.2, -0.15) is 0 Å². The molecule has 0 aliphatic heterocycles. The largest absolute Gasteiger partial charge is 0.399 e. The van der Waals surface area contributed by atoms with E-state index in [-0.39, 0.29) is 12.1 Å². The molecular formula is C12H18N2O. The first-order valence-corrected chi connectivity index (χ1v) is 5.40. The van der Waals surface area contributed by atoms with Crippen molar-refractivity contribution in [3.63, 3.8) is 0 Å². The van der Waals surface area contributed by atoms with Crippen LogP contribution in [0.25, 0.3) is 0 Å². The molecule has 0 unspecified atom stereocenters. The van der Waals surface area contributed by atoms with Gasteiger partial charge >= 0.3 is 0 Å². The predicted octanol–water partition coefficient (Wildman–Crippen LogP) is 1.90. The Labute approximate surface area is 90.3 Å². The van der Waals surface area contributed by atoms with Crippen molar-refractivity contribution < 1.29 is 5.11 Å². The number of nitrogens with one attached hydrogen (secondary N) is 1. The van der Waals surface area contributed by atoms with Crippen LogP contribution in [0.15, 0.2) is 18.2 Å². The van der Waals surface area contributed by atoms with Crippen molar-refractivity contribution in [2.75, 3.05) is 17.7 Å². The SMILES string of the molecule is Cc1cc(NC2(CO)CCC2)ccc1N. The van der Waals surface area contributed by atoms with Gasteiger partial charge in [0.25, 0.3) is 0 Å². The second-order valence-corrected chi connectivity index (χ2v) is 4.49. The number of aryl methyl sites for hydroxylation is 1. The monoisotopic (exact) mass is 206 g/mol. The molecule has 1 saturated carbocycles. The van der Waals surface area contributed by atoms with Crippen molar-refractivity contribution >= 4 is 11.4 Å². The summed E-state index contributed by atoms with van der Waals surface area (Å²) in [6.07, 6.45) is 3.29. The Morgan fingerprint density at radius 1 is 1.47 bits per heavy atom. The van der Waals surface area contributed by atoms with Crippen LogP contribution in [-0.2, 0) is 0 Å². The number of aliphatic hydroxyl groups excluding tert-OH is 1. The molecule has 0 spiro atoms. The molecule has 1 aromatic rings. The van der Waals surface area contributed by atoms with E-state index in [0.717, 1.165) is 29.8 Å². The van der Waals surface area contributed by atoms with Gasteiger partial charge in [0.15, 0.2) is 0 Å². The number of aliphatic hydroxyl groups is 1. The fourth-order valence-corrected chi connectivity index (χ4v) is 1.99. The van der Waals surface area contributed by atoms with Gasteiger partial charge in [-0.1, -0.05) is 0 Å². The molecule has 1 aliphatic carbocycles. The Kier molecular flexibility index (Phi) is 2.57. The van der Waals surface area contributed by atoms with Gasteiger partial charge in [-0.05, 0) is 49.9 Å². The van der Waals surface area contributed by atoms with Crippen LogP contribution in [0, 0.1) is 6.92 Å². The van der Waals surface area contributed by atoms with Gasteiger partial charge in [0.1, 0.15) is 0 Å². The van der Waals surface area contributed by atoms with Gasteiger partial charge < -0.3 is 16.2 Å². The minimum atomic E-state index is -0.0808. The smallest absolute Gasteiger partial charge is 0.0661 e. The predicted molar refractivity (Wildman–Crippen MR) is 62.9 cm³/mol. The quantitative estimate of drug-likeness (QED) is 0.662. The van der Waals surface area contributed by atoms with E-state index >= 15 is 0 Å². The van der Waals surface area contributed by atoms with Gasteiger partial charge in [0, 0.05) is 11.4 Å². The molecule has 0 saturated heterocycles. The second-order valence-electron chi connectivity index (χ2n) is 4.49. The van der Waals surface area contributed by atoms with Crippen LogP contribution in [-0.4, -0.2) is 17.3 Å². The normalized spacial score (nSPS) is 18.3. The van der Waals surface area contributed by atoms with E-state index in [2.05, 4.69) is 5.32 Å². The summed E-state index contributed by atoms with van der Waals surface area (Å²) in [5, 5.41) is 12.7. The molecule has 0 aromatic heterocycles. The molecule has 1 aliphatic rings. The maximum Gasteiger partial charge on any atom is 0.0661 e. The lowest BCUT2D eigenvalue weighted by Gasteiger charge is -2.42. The first kappa shape index (κ1) is 10.3. The van der Waals surface area contributed by atoms with E-state index in [1.807, 2.05) is 25.1 Å². The molecule has 0 heterocycles. The third-order valence-corrected chi connectivity index (χ3v) is 3.29. The number of nitrogen functional groups attached to an aromatic ring is 1. The maximum absolute atomic E-state index is 9.33. The zero-order valence-corrected chi connectivity index (χ0v) is 9.09. The molecule has 0 bridgehead atoms. The van der Waals surface area contributed by atoms with E-state index in [1.54, 1.807) is 0 Å². The van der Waals surface area contributed by atoms with Crippen LogP contribution in [0.1, 0.15) is 24.8 Å². The van der Waals surface area contributed by atoms with E-state index in [1.165, 1.54) is 6.42 Å². The number of hydrogen-bond donors (Lipinski definition) is 3. The van der Waals surface area contributed by atoms with Gasteiger partial charge in [-0.15, -0.1) is 0 Å². The lowest BCUT2D eigenvalue weighted by molar-refractivity contribution is 0.144. The van der Waals surface area contributed by atoms with Gasteiger partial charge in [-0.3, -0.25) is 0 Å². The Balaban J connectivity index is 2.13. The molecule has 0 atom stereocenters. The van der Waals surface area contributed by atoms with Crippen LogP contribution in [0.4, 0.5) is 11.4 Å². The van der Waals surface area contributed by atoms with Gasteiger partial charge in [0.05, 0.1) is 12.1 Å². The second kappa shape index (κ2) is 3.74. The van der Waals surface area contributed by atoms with Crippen molar-refractivity contribution in [3.05, 3.63) is 23.8 Å². The van der Waals surface area contributed by atoms with Crippen LogP contribution in [0.3, 0.4) is 0 Å². The molecule has 2 rings (SSSR count). The third-order valence-electron chi connectivity index (χ3n) is 3.29. The summed E-state index contributed by atoms with van der Waals surface area (Å²) in [6, 6.07) is 5.91. The summed E-state index contributed by atoms with van der Waals surface area (Å²) < 4.78 is 0. The van der Waals surface area contributed by atoms with Crippen LogP contribution in [0.2, 0.25) is 0 Å². The lowest BCUT2D eigenvalue weighted by atomic mass is 9.77. The van der Waals surface area contributed by atoms with E-state index < -0.39 is 0 Å². The number of benzene rings is 1. The third kappa shape index (κ3) is 1.92. The number of hydrogen-bond acceptors (Lipinski definition) is 3. The number of nitrogens with two attached hydrogens (primary N) is 1. The highest BCUT2D eigenvalue weighted by atomic mass is 16.3. The highest BCUT2D eigenvalue weighted by molar-refractivity contribution is 5.57. The lowest BCUT2D eigenvalue weighted by Crippen LogP contribution is -2.48. The van der Waals surface area contributed by atoms with Crippen molar-refractivity contribution in [3.8, 4) is 0 Å². The van der Waals surface area contributed by atoms with Gasteiger partial charge in [0.2, 0.25) is 0 Å². The fourth-order valence-electron chi connectivity index (χ4n) is 1.99. The Bertz CT molecular complexity index is 353. The number of anilines is 2. The summed E-state index contributed by atoms with van der Waals surface area (Å²) in [7, 11) is 0. The zero-order valence-electron chi connectivity index (χ0n) is 9.09. The molecule has 0 radical (unpaired) electrons. The zero-order chi connectivity index (χ0) is 10.9. The maximum atomic E-state index is 9.33. The fraction of sp³-hybridized carbons (Fsp3) is 0.500.